The molecule has 2 aromatic rings. The number of anilines is 1. The van der Waals surface area contributed by atoms with Gasteiger partial charge in [-0.3, -0.25) is 4.79 Å². The Kier molecular flexibility index (Phi) is 6.54. The van der Waals surface area contributed by atoms with E-state index in [1.54, 1.807) is 9.91 Å². The Balaban J connectivity index is 0.00000261. The molecule has 0 bridgehead atoms. The number of hydrogen-bond acceptors (Lipinski definition) is 4. The number of rotatable bonds is 3. The van der Waals surface area contributed by atoms with Gasteiger partial charge in [-0.2, -0.15) is 0 Å². The van der Waals surface area contributed by atoms with E-state index in [1.165, 1.54) is 0 Å². The number of amides is 1. The lowest BCUT2D eigenvalue weighted by atomic mass is 9.94. The van der Waals surface area contributed by atoms with Gasteiger partial charge in [-0.05, 0) is 39.8 Å². The molecule has 0 radical (unpaired) electrons. The van der Waals surface area contributed by atoms with Crippen molar-refractivity contribution in [2.45, 2.75) is 39.8 Å². The molecule has 0 saturated carbocycles. The Morgan fingerprint density at radius 2 is 1.41 bits per heavy atom. The van der Waals surface area contributed by atoms with Crippen LogP contribution < -0.4 is 16.5 Å². The lowest BCUT2D eigenvalue weighted by Crippen LogP contribution is -2.42. The Labute approximate surface area is 178 Å². The van der Waals surface area contributed by atoms with Gasteiger partial charge in [0.05, 0.1) is 17.1 Å². The van der Waals surface area contributed by atoms with Crippen molar-refractivity contribution < 1.29 is 4.79 Å². The maximum atomic E-state index is 13.4. The van der Waals surface area contributed by atoms with Crippen molar-refractivity contribution in [3.8, 4) is 0 Å². The third-order valence-corrected chi connectivity index (χ3v) is 4.67. The van der Waals surface area contributed by atoms with Crippen LogP contribution in [0.3, 0.4) is 0 Å². The van der Waals surface area contributed by atoms with Crippen molar-refractivity contribution in [3.63, 3.8) is 0 Å². The number of hydrogen-bond donors (Lipinski definition) is 2. The molecule has 6 heteroatoms. The van der Waals surface area contributed by atoms with Gasteiger partial charge >= 0.3 is 0 Å². The maximum Gasteiger partial charge on any atom is 0.259 e. The van der Waals surface area contributed by atoms with Crippen molar-refractivity contribution in [2.24, 2.45) is 11.6 Å². The predicted molar refractivity (Wildman–Crippen MR) is 122 cm³/mol. The molecular formula is C21H27IN4O. The second kappa shape index (κ2) is 8.31. The quantitative estimate of drug-likeness (QED) is 0.397. The second-order valence-electron chi connectivity index (χ2n) is 7.09. The summed E-state index contributed by atoms with van der Waals surface area (Å²) >= 11 is 0. The summed E-state index contributed by atoms with van der Waals surface area (Å²) in [5.41, 5.74) is 10.9. The average molecular weight is 478 g/mol. The zero-order valence-electron chi connectivity index (χ0n) is 16.1. The van der Waals surface area contributed by atoms with Gasteiger partial charge < -0.3 is 15.6 Å². The monoisotopic (exact) mass is 478 g/mol. The number of nitrogens with two attached hydrogens (primary N) is 2. The van der Waals surface area contributed by atoms with Gasteiger partial charge in [-0.15, -0.1) is 24.0 Å². The number of carbonyl (C=O) groups is 1. The third-order valence-electron chi connectivity index (χ3n) is 4.67. The van der Waals surface area contributed by atoms with E-state index in [0.29, 0.717) is 17.0 Å². The summed E-state index contributed by atoms with van der Waals surface area (Å²) in [6.07, 6.45) is 0. The van der Waals surface area contributed by atoms with Crippen molar-refractivity contribution in [2.75, 3.05) is 4.90 Å². The van der Waals surface area contributed by atoms with E-state index in [0.717, 1.165) is 16.8 Å². The minimum absolute atomic E-state index is 0. The number of nitrogens with zero attached hydrogens (tertiary/aromatic N) is 2. The number of halogens is 1. The summed E-state index contributed by atoms with van der Waals surface area (Å²) in [6, 6.07) is 15.3. The fourth-order valence-electron chi connectivity index (χ4n) is 3.35. The lowest BCUT2D eigenvalue weighted by molar-refractivity contribution is 0.0979. The third kappa shape index (κ3) is 3.68. The van der Waals surface area contributed by atoms with Crippen LogP contribution in [0.4, 0.5) is 5.69 Å². The maximum absolute atomic E-state index is 13.4. The fourth-order valence-corrected chi connectivity index (χ4v) is 3.35. The Morgan fingerprint density at radius 1 is 0.889 bits per heavy atom. The Morgan fingerprint density at radius 3 is 1.96 bits per heavy atom. The zero-order chi connectivity index (χ0) is 19.0. The summed E-state index contributed by atoms with van der Waals surface area (Å²) in [5, 5.41) is 1.64. The second-order valence-corrected chi connectivity index (χ2v) is 7.09. The Bertz CT molecular complexity index is 876. The molecule has 5 nitrogen and oxygen atoms in total. The molecule has 1 heterocycles. The predicted octanol–water partition coefficient (Wildman–Crippen LogP) is 4.04. The first-order chi connectivity index (χ1) is 12.3. The van der Waals surface area contributed by atoms with Gasteiger partial charge in [0, 0.05) is 28.8 Å². The number of para-hydroxylation sites is 1. The highest BCUT2D eigenvalue weighted by Crippen LogP contribution is 2.37. The molecule has 3 rings (SSSR count). The fraction of sp³-hybridized carbons (Fsp3) is 0.286. The summed E-state index contributed by atoms with van der Waals surface area (Å²) in [6.45, 7) is 8.00. The van der Waals surface area contributed by atoms with Gasteiger partial charge in [-0.1, -0.05) is 36.4 Å². The highest BCUT2D eigenvalue weighted by atomic mass is 127. The molecule has 4 N–H and O–H groups in total. The molecule has 27 heavy (non-hydrogen) atoms. The molecule has 1 aliphatic heterocycles. The first kappa shape index (κ1) is 21.2. The summed E-state index contributed by atoms with van der Waals surface area (Å²) in [7, 11) is 0. The van der Waals surface area contributed by atoms with E-state index < -0.39 is 0 Å². The van der Waals surface area contributed by atoms with Gasteiger partial charge in [0.15, 0.2) is 0 Å². The van der Waals surface area contributed by atoms with Crippen molar-refractivity contribution in [1.82, 2.24) is 5.01 Å². The summed E-state index contributed by atoms with van der Waals surface area (Å²) in [5.74, 6) is 6.33. The molecule has 0 aromatic heterocycles. The van der Waals surface area contributed by atoms with Crippen LogP contribution in [0.15, 0.2) is 48.5 Å². The molecule has 144 valence electrons. The van der Waals surface area contributed by atoms with E-state index in [-0.39, 0.29) is 42.0 Å². The molecule has 0 atom stereocenters. The minimum atomic E-state index is -0.0507. The van der Waals surface area contributed by atoms with Crippen LogP contribution in [-0.2, 0) is 0 Å². The standard InChI is InChI=1S/C21H26N4O.HI/c1-13(2)24-18-12-8-7-11-17(18)19(22)20(25(23)14(3)4)15-9-5-6-10-16(15)21(24)26;/h5-14H,22-23H2,1-4H3;1H/b20-19-;. The van der Waals surface area contributed by atoms with Crippen LogP contribution in [0.1, 0.15) is 49.2 Å². The summed E-state index contributed by atoms with van der Waals surface area (Å²) < 4.78 is 0. The van der Waals surface area contributed by atoms with Crippen LogP contribution in [0.2, 0.25) is 0 Å². The van der Waals surface area contributed by atoms with Gasteiger partial charge in [0.2, 0.25) is 0 Å². The first-order valence-electron chi connectivity index (χ1n) is 8.90. The van der Waals surface area contributed by atoms with Crippen LogP contribution in [-0.4, -0.2) is 23.0 Å². The Hall–Kier alpha value is -2.06. The highest BCUT2D eigenvalue weighted by molar-refractivity contribution is 14.0. The van der Waals surface area contributed by atoms with Crippen LogP contribution in [0.25, 0.3) is 11.4 Å². The molecular weight excluding hydrogens is 451 g/mol. The van der Waals surface area contributed by atoms with E-state index in [4.69, 9.17) is 11.6 Å². The number of fused-ring (bicyclic) bond motifs is 2. The molecule has 1 amide bonds. The first-order valence-corrected chi connectivity index (χ1v) is 8.90. The smallest absolute Gasteiger partial charge is 0.259 e. The van der Waals surface area contributed by atoms with Crippen molar-refractivity contribution >= 4 is 47.0 Å². The molecule has 1 aliphatic rings. The normalized spacial score (nSPS) is 16.4. The molecule has 0 spiro atoms. The van der Waals surface area contributed by atoms with E-state index in [9.17, 15) is 4.79 Å². The number of benzene rings is 2. The number of hydrazine groups is 1. The highest BCUT2D eigenvalue weighted by Gasteiger charge is 2.31. The lowest BCUT2D eigenvalue weighted by Gasteiger charge is -2.35. The van der Waals surface area contributed by atoms with Crippen LogP contribution in [0.5, 0.6) is 0 Å². The summed E-state index contributed by atoms with van der Waals surface area (Å²) in [4.78, 5) is 15.2. The molecule has 2 aromatic carbocycles. The average Bonchev–Trinajstić information content (AvgIpc) is 2.61. The van der Waals surface area contributed by atoms with Crippen LogP contribution in [0, 0.1) is 0 Å². The largest absolute Gasteiger partial charge is 0.396 e. The van der Waals surface area contributed by atoms with Crippen molar-refractivity contribution in [1.29, 1.82) is 0 Å². The van der Waals surface area contributed by atoms with Gasteiger partial charge in [0.1, 0.15) is 0 Å². The zero-order valence-corrected chi connectivity index (χ0v) is 18.5. The molecule has 0 unspecified atom stereocenters. The topological polar surface area (TPSA) is 75.6 Å². The van der Waals surface area contributed by atoms with E-state index >= 15 is 0 Å². The molecule has 0 fully saturated rings. The van der Waals surface area contributed by atoms with Gasteiger partial charge in [0.25, 0.3) is 5.91 Å². The molecule has 0 aliphatic carbocycles. The van der Waals surface area contributed by atoms with Gasteiger partial charge in [-0.25, -0.2) is 5.84 Å². The minimum Gasteiger partial charge on any atom is -0.396 e. The van der Waals surface area contributed by atoms with Crippen LogP contribution >= 0.6 is 24.0 Å². The number of carbonyl (C=O) groups excluding carboxylic acids is 1. The molecule has 0 saturated heterocycles. The van der Waals surface area contributed by atoms with E-state index in [1.807, 2.05) is 76.2 Å². The SMILES string of the molecule is CC(C)N(N)/C1=C(\N)c2ccccc2N(C(C)C)C(=O)c2ccccc21.I. The van der Waals surface area contributed by atoms with E-state index in [2.05, 4.69) is 0 Å². The van der Waals surface area contributed by atoms with Crippen molar-refractivity contribution in [3.05, 3.63) is 65.2 Å².